The smallest absolute Gasteiger partial charge is 0.240 e. The van der Waals surface area contributed by atoms with Crippen molar-refractivity contribution in [3.8, 4) is 0 Å². The van der Waals surface area contributed by atoms with Gasteiger partial charge in [0.15, 0.2) is 0 Å². The van der Waals surface area contributed by atoms with Gasteiger partial charge in [0, 0.05) is 22.8 Å². The lowest BCUT2D eigenvalue weighted by atomic mass is 9.98. The Morgan fingerprint density at radius 2 is 1.82 bits per heavy atom. The van der Waals surface area contributed by atoms with Crippen molar-refractivity contribution < 1.29 is 4.79 Å². The first-order chi connectivity index (χ1) is 10.5. The molecule has 3 rings (SSSR count). The van der Waals surface area contributed by atoms with E-state index < -0.39 is 0 Å². The number of rotatable bonds is 2. The van der Waals surface area contributed by atoms with Gasteiger partial charge in [-0.1, -0.05) is 51.8 Å². The molecule has 1 atom stereocenters. The Kier molecular flexibility index (Phi) is 4.32. The van der Waals surface area contributed by atoms with Gasteiger partial charge in [-0.15, -0.1) is 0 Å². The first-order valence-electron chi connectivity index (χ1n) is 6.93. The fourth-order valence-corrected chi connectivity index (χ4v) is 2.95. The maximum atomic E-state index is 11.9. The quantitative estimate of drug-likeness (QED) is 0.740. The topological polar surface area (TPSA) is 32.7 Å². The number of benzene rings is 2. The summed E-state index contributed by atoms with van der Waals surface area (Å²) in [5, 5.41) is 6.77. The lowest BCUT2D eigenvalue weighted by Crippen LogP contribution is -2.24. The van der Waals surface area contributed by atoms with Crippen LogP contribution in [0.3, 0.4) is 0 Å². The second-order valence-electron chi connectivity index (χ2n) is 5.19. The zero-order valence-corrected chi connectivity index (χ0v) is 14.3. The van der Waals surface area contributed by atoms with Gasteiger partial charge in [-0.25, -0.2) is 5.01 Å². The van der Waals surface area contributed by atoms with E-state index in [0.717, 1.165) is 21.3 Å². The van der Waals surface area contributed by atoms with Crippen LogP contribution < -0.4 is 0 Å². The number of halogens is 2. The summed E-state index contributed by atoms with van der Waals surface area (Å²) in [6, 6.07) is 15.5. The highest BCUT2D eigenvalue weighted by molar-refractivity contribution is 9.10. The van der Waals surface area contributed by atoms with Crippen molar-refractivity contribution in [3.63, 3.8) is 0 Å². The molecule has 22 heavy (non-hydrogen) atoms. The van der Waals surface area contributed by atoms with Gasteiger partial charge in [0.25, 0.3) is 0 Å². The fraction of sp³-hybridized carbons (Fsp3) is 0.176. The molecule has 5 heteroatoms. The number of hydrogen-bond donors (Lipinski definition) is 0. The van der Waals surface area contributed by atoms with Gasteiger partial charge in [-0.05, 0) is 35.4 Å². The molecule has 0 N–H and O–H groups in total. The zero-order chi connectivity index (χ0) is 15.7. The molecule has 1 amide bonds. The van der Waals surface area contributed by atoms with Crippen LogP contribution in [-0.4, -0.2) is 16.6 Å². The molecule has 0 aliphatic carbocycles. The second kappa shape index (κ2) is 6.23. The minimum Gasteiger partial charge on any atom is -0.273 e. The molecule has 1 aliphatic rings. The fourth-order valence-electron chi connectivity index (χ4n) is 2.56. The van der Waals surface area contributed by atoms with Crippen molar-refractivity contribution in [2.45, 2.75) is 19.4 Å². The molecule has 1 aliphatic heterocycles. The summed E-state index contributed by atoms with van der Waals surface area (Å²) in [4.78, 5) is 11.9. The molecular weight excluding hydrogens is 364 g/mol. The van der Waals surface area contributed by atoms with Crippen LogP contribution in [0, 0.1) is 0 Å². The molecule has 3 nitrogen and oxygen atoms in total. The Balaban J connectivity index is 1.92. The van der Waals surface area contributed by atoms with Gasteiger partial charge in [0.1, 0.15) is 0 Å². The SMILES string of the molecule is CC(=O)N1N=C(c2ccc(Cl)cc2)C[C@H]1c1ccc(Br)cc1. The molecule has 0 saturated carbocycles. The first-order valence-corrected chi connectivity index (χ1v) is 8.10. The van der Waals surface area contributed by atoms with E-state index in [-0.39, 0.29) is 11.9 Å². The number of hydrogen-bond acceptors (Lipinski definition) is 2. The summed E-state index contributed by atoms with van der Waals surface area (Å²) in [5.74, 6) is -0.0584. The predicted molar refractivity (Wildman–Crippen MR) is 92.0 cm³/mol. The molecule has 112 valence electrons. The molecule has 2 aromatic rings. The maximum Gasteiger partial charge on any atom is 0.240 e. The van der Waals surface area contributed by atoms with Gasteiger partial charge in [0.05, 0.1) is 11.8 Å². The Morgan fingerprint density at radius 3 is 2.41 bits per heavy atom. The third kappa shape index (κ3) is 3.08. The van der Waals surface area contributed by atoms with E-state index in [1.807, 2.05) is 48.5 Å². The molecule has 2 aromatic carbocycles. The van der Waals surface area contributed by atoms with Crippen LogP contribution in [0.25, 0.3) is 0 Å². The minimum absolute atomic E-state index is 0.0584. The van der Waals surface area contributed by atoms with E-state index in [0.29, 0.717) is 11.4 Å². The summed E-state index contributed by atoms with van der Waals surface area (Å²) in [6.07, 6.45) is 0.697. The number of carbonyl (C=O) groups is 1. The van der Waals surface area contributed by atoms with Gasteiger partial charge in [-0.2, -0.15) is 5.10 Å². The van der Waals surface area contributed by atoms with Crippen molar-refractivity contribution in [1.82, 2.24) is 5.01 Å². The summed E-state index contributed by atoms with van der Waals surface area (Å²) in [5.41, 5.74) is 2.97. The van der Waals surface area contributed by atoms with E-state index in [1.165, 1.54) is 0 Å². The third-order valence-electron chi connectivity index (χ3n) is 3.67. The minimum atomic E-state index is -0.0590. The van der Waals surface area contributed by atoms with Crippen molar-refractivity contribution in [1.29, 1.82) is 0 Å². The van der Waals surface area contributed by atoms with Gasteiger partial charge >= 0.3 is 0 Å². The molecule has 1 heterocycles. The molecule has 0 spiro atoms. The van der Waals surface area contributed by atoms with Crippen LogP contribution in [0.15, 0.2) is 58.1 Å². The van der Waals surface area contributed by atoms with Crippen LogP contribution in [0.5, 0.6) is 0 Å². The van der Waals surface area contributed by atoms with Gasteiger partial charge < -0.3 is 0 Å². The average molecular weight is 378 g/mol. The molecule has 0 unspecified atom stereocenters. The summed E-state index contributed by atoms with van der Waals surface area (Å²) in [6.45, 7) is 1.54. The standard InChI is InChI=1S/C17H14BrClN2O/c1-11(22)21-17(13-2-6-14(18)7-3-13)10-16(20-21)12-4-8-15(19)9-5-12/h2-9,17H,10H2,1H3/t17-/m0/s1. The summed E-state index contributed by atoms with van der Waals surface area (Å²) >= 11 is 9.36. The van der Waals surface area contributed by atoms with Crippen LogP contribution in [-0.2, 0) is 4.79 Å². The highest BCUT2D eigenvalue weighted by Crippen LogP contribution is 2.33. The van der Waals surface area contributed by atoms with E-state index in [9.17, 15) is 4.79 Å². The molecule has 0 saturated heterocycles. The number of carbonyl (C=O) groups excluding carboxylic acids is 1. The van der Waals surface area contributed by atoms with E-state index >= 15 is 0 Å². The zero-order valence-electron chi connectivity index (χ0n) is 12.0. The van der Waals surface area contributed by atoms with Crippen LogP contribution in [0.4, 0.5) is 0 Å². The predicted octanol–water partition coefficient (Wildman–Crippen LogP) is 4.80. The number of amides is 1. The van der Waals surface area contributed by atoms with Crippen LogP contribution in [0.1, 0.15) is 30.5 Å². The molecule has 0 fully saturated rings. The number of nitrogens with zero attached hydrogens (tertiary/aromatic N) is 2. The third-order valence-corrected chi connectivity index (χ3v) is 4.45. The van der Waals surface area contributed by atoms with Crippen molar-refractivity contribution in [3.05, 3.63) is 69.2 Å². The first kappa shape index (κ1) is 15.3. The van der Waals surface area contributed by atoms with Crippen LogP contribution >= 0.6 is 27.5 Å². The molecule has 0 aromatic heterocycles. The Bertz CT molecular complexity index is 725. The second-order valence-corrected chi connectivity index (χ2v) is 6.54. The number of hydrazone groups is 1. The van der Waals surface area contributed by atoms with Gasteiger partial charge in [-0.3, -0.25) is 4.79 Å². The Morgan fingerprint density at radius 1 is 1.18 bits per heavy atom. The average Bonchev–Trinajstić information content (AvgIpc) is 2.94. The lowest BCUT2D eigenvalue weighted by molar-refractivity contribution is -0.130. The largest absolute Gasteiger partial charge is 0.273 e. The summed E-state index contributed by atoms with van der Waals surface area (Å²) in [7, 11) is 0. The Hall–Kier alpha value is -1.65. The maximum absolute atomic E-state index is 11.9. The van der Waals surface area contributed by atoms with Crippen molar-refractivity contribution in [2.75, 3.05) is 0 Å². The van der Waals surface area contributed by atoms with Crippen LogP contribution in [0.2, 0.25) is 5.02 Å². The molecular formula is C17H14BrClN2O. The molecule has 0 bridgehead atoms. The normalized spacial score (nSPS) is 17.5. The Labute approximate surface area is 142 Å². The van der Waals surface area contributed by atoms with E-state index in [2.05, 4.69) is 21.0 Å². The summed E-state index contributed by atoms with van der Waals surface area (Å²) < 4.78 is 1.02. The monoisotopic (exact) mass is 376 g/mol. The molecule has 0 radical (unpaired) electrons. The van der Waals surface area contributed by atoms with Crippen molar-refractivity contribution in [2.24, 2.45) is 5.10 Å². The highest BCUT2D eigenvalue weighted by atomic mass is 79.9. The lowest BCUT2D eigenvalue weighted by Gasteiger charge is -2.20. The van der Waals surface area contributed by atoms with E-state index in [1.54, 1.807) is 11.9 Å². The van der Waals surface area contributed by atoms with E-state index in [4.69, 9.17) is 11.6 Å². The van der Waals surface area contributed by atoms with Gasteiger partial charge in [0.2, 0.25) is 5.91 Å². The van der Waals surface area contributed by atoms with Crippen molar-refractivity contribution >= 4 is 39.1 Å². The highest BCUT2D eigenvalue weighted by Gasteiger charge is 2.31.